The third-order valence-electron chi connectivity index (χ3n) is 3.36. The van der Waals surface area contributed by atoms with Gasteiger partial charge >= 0.3 is 7.60 Å². The number of halogens is 3. The van der Waals surface area contributed by atoms with Crippen molar-refractivity contribution in [1.82, 2.24) is 0 Å². The number of alkyl halides is 3. The molecule has 0 amide bonds. The molecule has 11 heteroatoms. The van der Waals surface area contributed by atoms with Gasteiger partial charge in [0, 0.05) is 0 Å². The van der Waals surface area contributed by atoms with Gasteiger partial charge in [-0.05, 0) is 25.0 Å². The molecule has 156 valence electrons. The van der Waals surface area contributed by atoms with Gasteiger partial charge in [0.2, 0.25) is 9.64 Å². The van der Waals surface area contributed by atoms with Crippen LogP contribution in [0.2, 0.25) is 0 Å². The van der Waals surface area contributed by atoms with E-state index in [9.17, 15) is 13.0 Å². The fourth-order valence-electron chi connectivity index (χ4n) is 1.89. The van der Waals surface area contributed by atoms with Gasteiger partial charge in [-0.15, -0.1) is 0 Å². The summed E-state index contributed by atoms with van der Waals surface area (Å²) in [6.07, 6.45) is 2.66. The standard InChI is InChI=1S/C16H24Cl3O6PS/c1-3-5-12-23-26(20,24-13-6-4-2)15(16(17,18)19)25-27(21,22)14-10-8-7-9-11-14/h7-11,15H,3-6,12-13H2,1-2H3. The van der Waals surface area contributed by atoms with Crippen LogP contribution in [-0.4, -0.2) is 31.3 Å². The molecule has 0 aliphatic heterocycles. The second kappa shape index (κ2) is 11.4. The van der Waals surface area contributed by atoms with Crippen molar-refractivity contribution in [3.8, 4) is 0 Å². The average Bonchev–Trinajstić information content (AvgIpc) is 2.60. The van der Waals surface area contributed by atoms with Crippen LogP contribution in [0, 0.1) is 0 Å². The Bertz CT molecular complexity index is 695. The summed E-state index contributed by atoms with van der Waals surface area (Å²) in [5, 5.41) is 0. The molecule has 0 saturated carbocycles. The van der Waals surface area contributed by atoms with E-state index in [1.807, 2.05) is 13.8 Å². The van der Waals surface area contributed by atoms with E-state index >= 15 is 0 Å². The molecule has 0 aliphatic carbocycles. The van der Waals surface area contributed by atoms with Crippen molar-refractivity contribution in [3.05, 3.63) is 30.3 Å². The molecule has 0 aromatic heterocycles. The second-order valence-corrected chi connectivity index (χ2v) is 11.7. The summed E-state index contributed by atoms with van der Waals surface area (Å²) in [7, 11) is -8.60. The van der Waals surface area contributed by atoms with Gasteiger partial charge in [0.1, 0.15) is 0 Å². The maximum absolute atomic E-state index is 13.3. The molecule has 0 bridgehead atoms. The summed E-state index contributed by atoms with van der Waals surface area (Å²) < 4.78 is 51.9. The molecule has 1 rings (SSSR count). The molecule has 0 fully saturated rings. The van der Waals surface area contributed by atoms with Crippen molar-refractivity contribution in [2.24, 2.45) is 0 Å². The van der Waals surface area contributed by atoms with Crippen molar-refractivity contribution in [3.63, 3.8) is 0 Å². The van der Waals surface area contributed by atoms with E-state index in [0.29, 0.717) is 12.8 Å². The van der Waals surface area contributed by atoms with Gasteiger partial charge in [0.05, 0.1) is 18.1 Å². The van der Waals surface area contributed by atoms with E-state index in [0.717, 1.165) is 12.8 Å². The molecule has 6 nitrogen and oxygen atoms in total. The smallest absolute Gasteiger partial charge is 0.307 e. The van der Waals surface area contributed by atoms with Crippen LogP contribution in [0.25, 0.3) is 0 Å². The molecular formula is C16H24Cl3O6PS. The summed E-state index contributed by atoms with van der Waals surface area (Å²) in [4.78, 5) is -0.169. The van der Waals surface area contributed by atoms with Crippen LogP contribution in [0.1, 0.15) is 39.5 Å². The monoisotopic (exact) mass is 480 g/mol. The Balaban J connectivity index is 3.20. The Labute approximate surface area is 176 Å². The quantitative estimate of drug-likeness (QED) is 0.160. The Kier molecular flexibility index (Phi) is 10.6. The Morgan fingerprint density at radius 3 is 1.89 bits per heavy atom. The van der Waals surface area contributed by atoms with Crippen molar-refractivity contribution < 1.29 is 26.2 Å². The third-order valence-corrected chi connectivity index (χ3v) is 8.00. The van der Waals surface area contributed by atoms with E-state index in [4.69, 9.17) is 48.0 Å². The SMILES string of the molecule is CCCCOP(=O)(OCCCC)C(OS(=O)(=O)c1ccccc1)C(Cl)(Cl)Cl. The van der Waals surface area contributed by atoms with E-state index in [2.05, 4.69) is 0 Å². The molecule has 27 heavy (non-hydrogen) atoms. The molecule has 0 aliphatic rings. The first-order valence-electron chi connectivity index (χ1n) is 8.50. The number of hydrogen-bond acceptors (Lipinski definition) is 6. The van der Waals surface area contributed by atoms with Crippen LogP contribution in [0.4, 0.5) is 0 Å². The highest BCUT2D eigenvalue weighted by Crippen LogP contribution is 2.61. The zero-order valence-corrected chi connectivity index (χ0v) is 19.1. The lowest BCUT2D eigenvalue weighted by Crippen LogP contribution is -2.33. The van der Waals surface area contributed by atoms with Gasteiger partial charge in [-0.2, -0.15) is 8.42 Å². The largest absolute Gasteiger partial charge is 0.365 e. The summed E-state index contributed by atoms with van der Waals surface area (Å²) in [6.45, 7) is 3.92. The number of rotatable bonds is 12. The molecule has 0 spiro atoms. The van der Waals surface area contributed by atoms with Crippen LogP contribution < -0.4 is 0 Å². The van der Waals surface area contributed by atoms with Crippen molar-refractivity contribution in [2.75, 3.05) is 13.2 Å². The predicted molar refractivity (Wildman–Crippen MR) is 108 cm³/mol. The van der Waals surface area contributed by atoms with Crippen molar-refractivity contribution >= 4 is 52.5 Å². The Morgan fingerprint density at radius 1 is 1.00 bits per heavy atom. The topological polar surface area (TPSA) is 78.9 Å². The van der Waals surface area contributed by atoms with Gasteiger partial charge in [0.15, 0.2) is 0 Å². The minimum Gasteiger partial charge on any atom is -0.307 e. The van der Waals surface area contributed by atoms with E-state index in [-0.39, 0.29) is 18.1 Å². The molecule has 0 heterocycles. The number of hydrogen-bond donors (Lipinski definition) is 0. The lowest BCUT2D eigenvalue weighted by molar-refractivity contribution is 0.153. The van der Waals surface area contributed by atoms with E-state index < -0.39 is 27.4 Å². The van der Waals surface area contributed by atoms with Crippen molar-refractivity contribution in [1.29, 1.82) is 0 Å². The summed E-state index contributed by atoms with van der Waals surface area (Å²) in [6, 6.07) is 7.28. The molecule has 0 N–H and O–H groups in total. The second-order valence-electron chi connectivity index (χ2n) is 5.67. The third kappa shape index (κ3) is 8.19. The van der Waals surface area contributed by atoms with Gasteiger partial charge in [-0.25, -0.2) is 4.18 Å². The molecule has 1 aromatic carbocycles. The van der Waals surface area contributed by atoms with Gasteiger partial charge in [0.25, 0.3) is 10.1 Å². The Hall–Kier alpha value is 0.150. The first-order valence-corrected chi connectivity index (χ1v) is 12.7. The molecular weight excluding hydrogens is 458 g/mol. The van der Waals surface area contributed by atoms with E-state index in [1.165, 1.54) is 24.3 Å². The first-order chi connectivity index (χ1) is 12.6. The van der Waals surface area contributed by atoms with Crippen molar-refractivity contribution in [2.45, 2.75) is 54.1 Å². The highest BCUT2D eigenvalue weighted by Gasteiger charge is 2.52. The van der Waals surface area contributed by atoms with Crippen LogP contribution in [0.15, 0.2) is 35.2 Å². The summed E-state index contributed by atoms with van der Waals surface area (Å²) in [5.41, 5.74) is 0. The average molecular weight is 482 g/mol. The zero-order chi connectivity index (χ0) is 20.6. The summed E-state index contributed by atoms with van der Waals surface area (Å²) in [5.74, 6) is -1.95. The Morgan fingerprint density at radius 2 is 1.48 bits per heavy atom. The minimum atomic E-state index is -4.37. The normalized spacial score (nSPS) is 14.3. The van der Waals surface area contributed by atoms with Gasteiger partial charge in [-0.3, -0.25) is 4.57 Å². The molecule has 1 aromatic rings. The van der Waals surface area contributed by atoms with Crippen LogP contribution in [-0.2, 0) is 27.9 Å². The molecule has 1 unspecified atom stereocenters. The number of benzene rings is 1. The number of unbranched alkanes of at least 4 members (excludes halogenated alkanes) is 2. The van der Waals surface area contributed by atoms with Crippen LogP contribution >= 0.6 is 42.4 Å². The lowest BCUT2D eigenvalue weighted by atomic mass is 10.4. The maximum Gasteiger partial charge on any atom is 0.365 e. The van der Waals surface area contributed by atoms with Crippen LogP contribution in [0.3, 0.4) is 0 Å². The first kappa shape index (κ1) is 25.2. The molecule has 0 saturated heterocycles. The summed E-state index contributed by atoms with van der Waals surface area (Å²) >= 11 is 17.7. The fraction of sp³-hybridized carbons (Fsp3) is 0.625. The molecule has 0 radical (unpaired) electrons. The minimum absolute atomic E-state index is 0.0475. The van der Waals surface area contributed by atoms with Crippen LogP contribution in [0.5, 0.6) is 0 Å². The fourth-order valence-corrected chi connectivity index (χ4v) is 6.48. The van der Waals surface area contributed by atoms with Gasteiger partial charge < -0.3 is 9.05 Å². The molecule has 1 atom stereocenters. The zero-order valence-electron chi connectivity index (χ0n) is 15.1. The van der Waals surface area contributed by atoms with E-state index in [1.54, 1.807) is 6.07 Å². The highest BCUT2D eigenvalue weighted by molar-refractivity contribution is 7.87. The lowest BCUT2D eigenvalue weighted by Gasteiger charge is -2.30. The van der Waals surface area contributed by atoms with Gasteiger partial charge in [-0.1, -0.05) is 79.7 Å². The maximum atomic E-state index is 13.3. The highest BCUT2D eigenvalue weighted by atomic mass is 35.6. The predicted octanol–water partition coefficient (Wildman–Crippen LogP) is 5.91.